The first-order chi connectivity index (χ1) is 9.67. The van der Waals surface area contributed by atoms with Gasteiger partial charge in [0.25, 0.3) is 0 Å². The molecule has 5 heteroatoms. The minimum absolute atomic E-state index is 0.322. The normalized spacial score (nSPS) is 11.4. The van der Waals surface area contributed by atoms with Gasteiger partial charge in [-0.25, -0.2) is 0 Å². The van der Waals surface area contributed by atoms with Gasteiger partial charge in [-0.2, -0.15) is 5.26 Å². The second-order valence-corrected chi connectivity index (χ2v) is 4.94. The number of methoxy groups -OCH3 is 1. The predicted octanol–water partition coefficient (Wildman–Crippen LogP) is 2.96. The smallest absolute Gasteiger partial charge is 0.197 e. The number of carbonyl (C=O) groups is 2. The van der Waals surface area contributed by atoms with Crippen LogP contribution in [0.2, 0.25) is 0 Å². The van der Waals surface area contributed by atoms with Gasteiger partial charge in [0, 0.05) is 5.56 Å². The largest absolute Gasteiger partial charge is 0.497 e. The van der Waals surface area contributed by atoms with Gasteiger partial charge in [0.15, 0.2) is 17.5 Å². The van der Waals surface area contributed by atoms with Crippen molar-refractivity contribution in [3.8, 4) is 11.8 Å². The Morgan fingerprint density at radius 1 is 1.20 bits per heavy atom. The van der Waals surface area contributed by atoms with Crippen molar-refractivity contribution in [2.75, 3.05) is 7.11 Å². The van der Waals surface area contributed by atoms with Crippen molar-refractivity contribution in [2.45, 2.75) is 0 Å². The zero-order valence-corrected chi connectivity index (χ0v) is 11.5. The van der Waals surface area contributed by atoms with Crippen molar-refractivity contribution in [1.29, 1.82) is 5.26 Å². The van der Waals surface area contributed by atoms with E-state index in [0.29, 0.717) is 16.2 Å². The Balaban J connectivity index is 2.25. The molecule has 0 saturated heterocycles. The Morgan fingerprint density at radius 3 is 2.40 bits per heavy atom. The number of rotatable bonds is 5. The van der Waals surface area contributed by atoms with Gasteiger partial charge in [0.2, 0.25) is 0 Å². The molecule has 0 aliphatic rings. The third kappa shape index (κ3) is 2.76. The van der Waals surface area contributed by atoms with Crippen molar-refractivity contribution in [3.05, 3.63) is 52.2 Å². The van der Waals surface area contributed by atoms with Crippen molar-refractivity contribution >= 4 is 22.9 Å². The van der Waals surface area contributed by atoms with E-state index in [0.717, 1.165) is 0 Å². The van der Waals surface area contributed by atoms with Crippen LogP contribution in [0.15, 0.2) is 41.8 Å². The standard InChI is InChI=1S/C15H11NO3S/c1-19-11-6-4-10(5-7-11)14(17)12(9-16)15(18)13-3-2-8-20-13/h2-8,12H,1H3. The molecular formula is C15H11NO3S. The Hall–Kier alpha value is -2.45. The van der Waals surface area contributed by atoms with Crippen molar-refractivity contribution in [2.24, 2.45) is 5.92 Å². The van der Waals surface area contributed by atoms with Gasteiger partial charge in [-0.1, -0.05) is 6.07 Å². The number of thiophene rings is 1. The Labute approximate surface area is 120 Å². The van der Waals surface area contributed by atoms with Crippen molar-refractivity contribution in [3.63, 3.8) is 0 Å². The summed E-state index contributed by atoms with van der Waals surface area (Å²) in [6, 6.07) is 11.5. The van der Waals surface area contributed by atoms with Gasteiger partial charge >= 0.3 is 0 Å². The molecule has 0 bridgehead atoms. The van der Waals surface area contributed by atoms with E-state index in [-0.39, 0.29) is 0 Å². The molecule has 2 rings (SSSR count). The van der Waals surface area contributed by atoms with Crippen molar-refractivity contribution in [1.82, 2.24) is 0 Å². The maximum atomic E-state index is 12.2. The second-order valence-electron chi connectivity index (χ2n) is 4.00. The van der Waals surface area contributed by atoms with E-state index in [2.05, 4.69) is 0 Å². The van der Waals surface area contributed by atoms with Crippen LogP contribution in [-0.2, 0) is 0 Å². The van der Waals surface area contributed by atoms with Gasteiger partial charge in [-0.05, 0) is 35.7 Å². The number of Topliss-reactive ketones (excluding diaryl/α,β-unsaturated/α-hetero) is 2. The predicted molar refractivity (Wildman–Crippen MR) is 75.1 cm³/mol. The average molecular weight is 285 g/mol. The van der Waals surface area contributed by atoms with Crippen LogP contribution in [0, 0.1) is 17.2 Å². The minimum Gasteiger partial charge on any atom is -0.497 e. The molecule has 0 aliphatic carbocycles. The first-order valence-corrected chi connectivity index (χ1v) is 6.71. The molecule has 0 N–H and O–H groups in total. The van der Waals surface area contributed by atoms with Crippen molar-refractivity contribution < 1.29 is 14.3 Å². The highest BCUT2D eigenvalue weighted by atomic mass is 32.1. The van der Waals surface area contributed by atoms with Crippen LogP contribution >= 0.6 is 11.3 Å². The highest BCUT2D eigenvalue weighted by molar-refractivity contribution is 7.12. The Morgan fingerprint density at radius 2 is 1.90 bits per heavy atom. The van der Waals surface area contributed by atoms with Crippen LogP contribution in [0.3, 0.4) is 0 Å². The summed E-state index contributed by atoms with van der Waals surface area (Å²) in [5, 5.41) is 10.9. The minimum atomic E-state index is -1.30. The van der Waals surface area contributed by atoms with Crippen LogP contribution in [0.25, 0.3) is 0 Å². The fourth-order valence-corrected chi connectivity index (χ4v) is 2.41. The van der Waals surface area contributed by atoms with Gasteiger partial charge in [0.05, 0.1) is 18.1 Å². The third-order valence-corrected chi connectivity index (χ3v) is 3.68. The fourth-order valence-electron chi connectivity index (χ4n) is 1.72. The average Bonchev–Trinajstić information content (AvgIpc) is 3.02. The first kappa shape index (κ1) is 14.0. The lowest BCUT2D eigenvalue weighted by atomic mass is 9.94. The molecule has 1 aromatic carbocycles. The zero-order chi connectivity index (χ0) is 14.5. The van der Waals surface area contributed by atoms with Crippen LogP contribution in [-0.4, -0.2) is 18.7 Å². The molecule has 0 radical (unpaired) electrons. The summed E-state index contributed by atoms with van der Waals surface area (Å²) in [5.74, 6) is -1.64. The monoisotopic (exact) mass is 285 g/mol. The lowest BCUT2D eigenvalue weighted by Crippen LogP contribution is -2.22. The molecule has 0 saturated carbocycles. The number of nitriles is 1. The number of hydrogen-bond acceptors (Lipinski definition) is 5. The van der Waals surface area contributed by atoms with E-state index < -0.39 is 17.5 Å². The maximum absolute atomic E-state index is 12.2. The van der Waals surface area contributed by atoms with Gasteiger partial charge in [-0.15, -0.1) is 11.3 Å². The molecule has 0 fully saturated rings. The molecule has 1 heterocycles. The molecule has 0 amide bonds. The molecule has 20 heavy (non-hydrogen) atoms. The number of ether oxygens (including phenoxy) is 1. The molecule has 0 aliphatic heterocycles. The summed E-state index contributed by atoms with van der Waals surface area (Å²) < 4.78 is 5.00. The number of benzene rings is 1. The maximum Gasteiger partial charge on any atom is 0.197 e. The first-order valence-electron chi connectivity index (χ1n) is 5.83. The van der Waals surface area contributed by atoms with E-state index in [9.17, 15) is 9.59 Å². The van der Waals surface area contributed by atoms with Crippen LogP contribution < -0.4 is 4.74 Å². The number of hydrogen-bond donors (Lipinski definition) is 0. The van der Waals surface area contributed by atoms with Gasteiger partial charge in [-0.3, -0.25) is 9.59 Å². The van der Waals surface area contributed by atoms with Gasteiger partial charge < -0.3 is 4.74 Å². The second kappa shape index (κ2) is 6.13. The van der Waals surface area contributed by atoms with Gasteiger partial charge in [0.1, 0.15) is 5.75 Å². The lowest BCUT2D eigenvalue weighted by molar-refractivity contribution is 0.0848. The summed E-state index contributed by atoms with van der Waals surface area (Å²) in [7, 11) is 1.52. The SMILES string of the molecule is COc1ccc(C(=O)C(C#N)C(=O)c2cccs2)cc1. The zero-order valence-electron chi connectivity index (χ0n) is 10.7. The van der Waals surface area contributed by atoms with Crippen LogP contribution in [0.4, 0.5) is 0 Å². The molecule has 4 nitrogen and oxygen atoms in total. The van der Waals surface area contributed by atoms with E-state index in [1.807, 2.05) is 0 Å². The molecule has 1 atom stereocenters. The summed E-state index contributed by atoms with van der Waals surface area (Å²) in [4.78, 5) is 24.8. The molecule has 0 spiro atoms. The number of nitrogens with zero attached hydrogens (tertiary/aromatic N) is 1. The quantitative estimate of drug-likeness (QED) is 0.625. The summed E-state index contributed by atoms with van der Waals surface area (Å²) in [5.41, 5.74) is 0.322. The van der Waals surface area contributed by atoms with Crippen LogP contribution in [0.5, 0.6) is 5.75 Å². The Bertz CT molecular complexity index is 653. The van der Waals surface area contributed by atoms with E-state index in [1.165, 1.54) is 18.4 Å². The highest BCUT2D eigenvalue weighted by Crippen LogP contribution is 2.19. The number of ketones is 2. The summed E-state index contributed by atoms with van der Waals surface area (Å²) >= 11 is 1.22. The van der Waals surface area contributed by atoms with E-state index in [4.69, 9.17) is 10.00 Å². The molecule has 2 aromatic rings. The van der Waals surface area contributed by atoms with Crippen LogP contribution in [0.1, 0.15) is 20.0 Å². The summed E-state index contributed by atoms with van der Waals surface area (Å²) in [6.07, 6.45) is 0. The number of carbonyl (C=O) groups excluding carboxylic acids is 2. The lowest BCUT2D eigenvalue weighted by Gasteiger charge is -2.07. The molecule has 100 valence electrons. The molecular weight excluding hydrogens is 274 g/mol. The van der Waals surface area contributed by atoms with E-state index >= 15 is 0 Å². The Kier molecular flexibility index (Phi) is 4.28. The molecule has 1 aromatic heterocycles. The highest BCUT2D eigenvalue weighted by Gasteiger charge is 2.28. The third-order valence-electron chi connectivity index (χ3n) is 2.79. The summed E-state index contributed by atoms with van der Waals surface area (Å²) in [6.45, 7) is 0. The topological polar surface area (TPSA) is 67.2 Å². The fraction of sp³-hybridized carbons (Fsp3) is 0.133. The van der Waals surface area contributed by atoms with E-state index in [1.54, 1.807) is 47.8 Å². The molecule has 1 unspecified atom stereocenters.